The second-order valence-electron chi connectivity index (χ2n) is 1.92. The van der Waals surface area contributed by atoms with Crippen LogP contribution in [0.25, 0.3) is 0 Å². The summed E-state index contributed by atoms with van der Waals surface area (Å²) in [6.07, 6.45) is 0. The lowest BCUT2D eigenvalue weighted by Gasteiger charge is -1.86. The maximum Gasteiger partial charge on any atom is 0.351 e. The molecule has 0 saturated heterocycles. The van der Waals surface area contributed by atoms with Crippen LogP contribution in [0.1, 0.15) is 0 Å². The molecule has 11 heteroatoms. The quantitative estimate of drug-likeness (QED) is 0.559. The Balaban J connectivity index is 3.32. The van der Waals surface area contributed by atoms with Gasteiger partial charge in [0.05, 0.1) is 0 Å². The highest BCUT2D eigenvalue weighted by Crippen LogP contribution is 2.07. The van der Waals surface area contributed by atoms with E-state index in [0.717, 1.165) is 0 Å². The van der Waals surface area contributed by atoms with Gasteiger partial charge in [0.1, 0.15) is 0 Å². The lowest BCUT2D eigenvalue weighted by atomic mass is 11.5. The molecule has 0 atom stereocenters. The van der Waals surface area contributed by atoms with Gasteiger partial charge in [-0.1, -0.05) is 10.2 Å². The second-order valence-corrected chi connectivity index (χ2v) is 4.80. The largest absolute Gasteiger partial charge is 0.397 e. The number of hydrogen-bond donors (Lipinski definition) is 2. The van der Waals surface area contributed by atoms with Gasteiger partial charge in [-0.2, -0.15) is 0 Å². The Morgan fingerprint density at radius 2 is 1.23 bits per heavy atom. The zero-order chi connectivity index (χ0) is 10.3. The molecule has 0 aliphatic rings. The van der Waals surface area contributed by atoms with Crippen molar-refractivity contribution in [1.82, 2.24) is 10.2 Å². The van der Waals surface area contributed by atoms with E-state index in [1.165, 1.54) is 0 Å². The van der Waals surface area contributed by atoms with E-state index in [1.807, 2.05) is 0 Å². The van der Waals surface area contributed by atoms with Crippen LogP contribution in [-0.2, 0) is 20.0 Å². The lowest BCUT2D eigenvalue weighted by molar-refractivity contribution is 0.352. The Morgan fingerprint density at radius 1 is 0.923 bits per heavy atom. The van der Waals surface area contributed by atoms with E-state index in [9.17, 15) is 16.8 Å². The molecule has 74 valence electrons. The monoisotopic (exact) mass is 228 g/mol. The van der Waals surface area contributed by atoms with Crippen molar-refractivity contribution in [2.75, 3.05) is 0 Å². The molecule has 0 bridgehead atoms. The van der Waals surface area contributed by atoms with Gasteiger partial charge in [0, 0.05) is 0 Å². The van der Waals surface area contributed by atoms with Crippen LogP contribution in [0.4, 0.5) is 0 Å². The van der Waals surface area contributed by atoms with Crippen LogP contribution in [0.2, 0.25) is 0 Å². The van der Waals surface area contributed by atoms with Gasteiger partial charge in [-0.25, -0.2) is 27.1 Å². The molecule has 9 nitrogen and oxygen atoms in total. The number of nitrogens with two attached hydrogens (primary N) is 2. The average Bonchev–Trinajstić information content (AvgIpc) is 2.28. The molecule has 0 aliphatic heterocycles. The summed E-state index contributed by atoms with van der Waals surface area (Å²) >= 11 is 0. The van der Waals surface area contributed by atoms with E-state index < -0.39 is 30.5 Å². The Kier molecular flexibility index (Phi) is 2.11. The first kappa shape index (κ1) is 10.0. The molecule has 0 aliphatic carbocycles. The van der Waals surface area contributed by atoms with Gasteiger partial charge >= 0.3 is 10.4 Å². The van der Waals surface area contributed by atoms with Gasteiger partial charge in [-0.05, 0) is 0 Å². The number of aromatic nitrogens is 2. The molecule has 1 aromatic rings. The van der Waals surface area contributed by atoms with E-state index in [0.29, 0.717) is 0 Å². The predicted octanol–water partition coefficient (Wildman–Crippen LogP) is -2.64. The van der Waals surface area contributed by atoms with Crippen LogP contribution in [0.5, 0.6) is 0 Å². The third-order valence-electron chi connectivity index (χ3n) is 0.875. The molecule has 0 unspecified atom stereocenters. The first-order valence-corrected chi connectivity index (χ1v) is 5.69. The number of rotatable bonds is 2. The minimum Gasteiger partial charge on any atom is -0.397 e. The fourth-order valence-corrected chi connectivity index (χ4v) is 1.18. The predicted molar refractivity (Wildman–Crippen MR) is 37.0 cm³/mol. The number of primary sulfonamides is 2. The Bertz CT molecular complexity index is 464. The highest BCUT2D eigenvalue weighted by atomic mass is 32.2. The molecule has 0 saturated carbocycles. The Hall–Kier alpha value is -1.04. The summed E-state index contributed by atoms with van der Waals surface area (Å²) in [4.78, 5) is 0. The second kappa shape index (κ2) is 2.73. The smallest absolute Gasteiger partial charge is 0.351 e. The van der Waals surface area contributed by atoms with Crippen LogP contribution >= 0.6 is 0 Å². The first-order valence-electron chi connectivity index (χ1n) is 2.60. The van der Waals surface area contributed by atoms with Crippen molar-refractivity contribution in [2.24, 2.45) is 10.3 Å². The average molecular weight is 228 g/mol. The maximum atomic E-state index is 10.5. The number of hydrogen-bond acceptors (Lipinski definition) is 7. The van der Waals surface area contributed by atoms with E-state index >= 15 is 0 Å². The number of sulfonamides is 2. The summed E-state index contributed by atoms with van der Waals surface area (Å²) in [5, 5.41) is 12.8. The topological polar surface area (TPSA) is 159 Å². The normalized spacial score (nSPS) is 13.1. The molecule has 0 amide bonds. The standard InChI is InChI=1S/C2H4N4O5S2/c3-12(7,8)1-5-6-2(11-1)13(4,9)10/h(H2,3,7,8)(H2,4,9,10). The van der Waals surface area contributed by atoms with Crippen molar-refractivity contribution in [2.45, 2.75) is 10.4 Å². The fraction of sp³-hybridized carbons (Fsp3) is 0. The molecule has 1 heterocycles. The Labute approximate surface area is 72.8 Å². The summed E-state index contributed by atoms with van der Waals surface area (Å²) in [6.45, 7) is 0. The SMILES string of the molecule is NS(=O)(=O)c1nnc(S(N)(=O)=O)o1. The fourth-order valence-electron chi connectivity index (χ4n) is 0.427. The van der Waals surface area contributed by atoms with Gasteiger partial charge in [0.25, 0.3) is 20.0 Å². The maximum absolute atomic E-state index is 10.5. The molecular formula is C2H4N4O5S2. The molecule has 1 rings (SSSR count). The molecule has 13 heavy (non-hydrogen) atoms. The minimum atomic E-state index is -4.20. The molecule has 0 fully saturated rings. The van der Waals surface area contributed by atoms with Crippen LogP contribution in [-0.4, -0.2) is 27.0 Å². The highest BCUT2D eigenvalue weighted by Gasteiger charge is 2.22. The van der Waals surface area contributed by atoms with E-state index in [-0.39, 0.29) is 0 Å². The van der Waals surface area contributed by atoms with Crippen LogP contribution in [0.15, 0.2) is 14.9 Å². The summed E-state index contributed by atoms with van der Waals surface area (Å²) in [5.41, 5.74) is 0. The summed E-state index contributed by atoms with van der Waals surface area (Å²) in [5.74, 6) is 0. The third kappa shape index (κ3) is 2.21. The van der Waals surface area contributed by atoms with Gasteiger partial charge in [0.2, 0.25) is 0 Å². The zero-order valence-corrected chi connectivity index (χ0v) is 7.54. The van der Waals surface area contributed by atoms with Crippen molar-refractivity contribution in [3.63, 3.8) is 0 Å². The zero-order valence-electron chi connectivity index (χ0n) is 5.91. The molecule has 1 aromatic heterocycles. The van der Waals surface area contributed by atoms with E-state index in [1.54, 1.807) is 0 Å². The van der Waals surface area contributed by atoms with Gasteiger partial charge in [0.15, 0.2) is 0 Å². The molecule has 0 spiro atoms. The highest BCUT2D eigenvalue weighted by molar-refractivity contribution is 7.89. The van der Waals surface area contributed by atoms with Crippen LogP contribution < -0.4 is 10.3 Å². The van der Waals surface area contributed by atoms with E-state index in [4.69, 9.17) is 0 Å². The summed E-state index contributed by atoms with van der Waals surface area (Å²) < 4.78 is 46.2. The number of nitrogens with zero attached hydrogens (tertiary/aromatic N) is 2. The van der Waals surface area contributed by atoms with Gasteiger partial charge < -0.3 is 4.42 Å². The Morgan fingerprint density at radius 3 is 1.38 bits per heavy atom. The molecule has 4 N–H and O–H groups in total. The van der Waals surface area contributed by atoms with Gasteiger partial charge in [-0.3, -0.25) is 0 Å². The van der Waals surface area contributed by atoms with Crippen molar-refractivity contribution >= 4 is 20.0 Å². The third-order valence-corrected chi connectivity index (χ3v) is 2.18. The summed E-state index contributed by atoms with van der Waals surface area (Å²) in [6, 6.07) is 0. The molecular weight excluding hydrogens is 224 g/mol. The van der Waals surface area contributed by atoms with Gasteiger partial charge in [-0.15, -0.1) is 0 Å². The first-order chi connectivity index (χ1) is 5.71. The minimum absolute atomic E-state index is 1.00. The lowest BCUT2D eigenvalue weighted by Crippen LogP contribution is -2.13. The van der Waals surface area contributed by atoms with Crippen LogP contribution in [0.3, 0.4) is 0 Å². The summed E-state index contributed by atoms with van der Waals surface area (Å²) in [7, 11) is -8.41. The van der Waals surface area contributed by atoms with E-state index in [2.05, 4.69) is 24.9 Å². The van der Waals surface area contributed by atoms with Crippen LogP contribution in [0, 0.1) is 0 Å². The van der Waals surface area contributed by atoms with Crippen molar-refractivity contribution in [3.05, 3.63) is 0 Å². The van der Waals surface area contributed by atoms with Crippen molar-refractivity contribution in [1.29, 1.82) is 0 Å². The molecule has 0 aromatic carbocycles. The van der Waals surface area contributed by atoms with Crippen molar-refractivity contribution in [3.8, 4) is 0 Å². The molecule has 0 radical (unpaired) electrons. The van der Waals surface area contributed by atoms with Crippen molar-refractivity contribution < 1.29 is 21.3 Å².